The van der Waals surface area contributed by atoms with E-state index >= 15 is 0 Å². The number of aromatic nitrogens is 1. The number of rotatable bonds is 3. The fourth-order valence-corrected chi connectivity index (χ4v) is 3.33. The van der Waals surface area contributed by atoms with Gasteiger partial charge in [0, 0.05) is 18.0 Å². The van der Waals surface area contributed by atoms with E-state index in [2.05, 4.69) is 55.6 Å². The highest BCUT2D eigenvalue weighted by Crippen LogP contribution is 2.35. The summed E-state index contributed by atoms with van der Waals surface area (Å²) in [5, 5.41) is 4.91. The summed E-state index contributed by atoms with van der Waals surface area (Å²) in [4.78, 5) is 4.73. The third-order valence-electron chi connectivity index (χ3n) is 4.43. The van der Waals surface area contributed by atoms with Gasteiger partial charge in [0.2, 0.25) is 0 Å². The monoisotopic (exact) mass is 268 g/mol. The molecule has 0 radical (unpaired) electrons. The van der Waals surface area contributed by atoms with Gasteiger partial charge in [-0.3, -0.25) is 4.98 Å². The lowest BCUT2D eigenvalue weighted by molar-refractivity contribution is 0.197. The van der Waals surface area contributed by atoms with Gasteiger partial charge in [0.1, 0.15) is 0 Å². The smallest absolute Gasteiger partial charge is 0.0705 e. The molecule has 1 fully saturated rings. The molecule has 0 saturated heterocycles. The van der Waals surface area contributed by atoms with Crippen molar-refractivity contribution in [2.45, 2.75) is 52.1 Å². The Morgan fingerprint density at radius 1 is 1.20 bits per heavy atom. The molecule has 0 bridgehead atoms. The molecule has 1 aromatic carbocycles. The predicted octanol–water partition coefficient (Wildman–Crippen LogP) is 4.29. The van der Waals surface area contributed by atoms with Gasteiger partial charge in [-0.15, -0.1) is 0 Å². The lowest BCUT2D eigenvalue weighted by Crippen LogP contribution is -2.37. The van der Waals surface area contributed by atoms with Gasteiger partial charge in [0.05, 0.1) is 11.2 Å². The minimum Gasteiger partial charge on any atom is -0.308 e. The second kappa shape index (κ2) is 5.53. The topological polar surface area (TPSA) is 24.9 Å². The summed E-state index contributed by atoms with van der Waals surface area (Å²) < 4.78 is 0. The Morgan fingerprint density at radius 3 is 2.90 bits per heavy atom. The Hall–Kier alpha value is -1.41. The van der Waals surface area contributed by atoms with Gasteiger partial charge in [-0.25, -0.2) is 0 Å². The minimum atomic E-state index is 0.493. The van der Waals surface area contributed by atoms with Crippen LogP contribution in [0.2, 0.25) is 0 Å². The van der Waals surface area contributed by atoms with Gasteiger partial charge in [0.15, 0.2) is 0 Å². The van der Waals surface area contributed by atoms with Gasteiger partial charge in [-0.2, -0.15) is 0 Å². The van der Waals surface area contributed by atoms with Crippen LogP contribution in [-0.2, 0) is 6.54 Å². The first-order valence-electron chi connectivity index (χ1n) is 7.70. The van der Waals surface area contributed by atoms with Gasteiger partial charge >= 0.3 is 0 Å². The van der Waals surface area contributed by atoms with Gasteiger partial charge < -0.3 is 5.32 Å². The van der Waals surface area contributed by atoms with E-state index in [0.717, 1.165) is 17.8 Å². The van der Waals surface area contributed by atoms with Crippen LogP contribution in [0.15, 0.2) is 36.4 Å². The quantitative estimate of drug-likeness (QED) is 0.898. The third kappa shape index (κ3) is 3.18. The maximum absolute atomic E-state index is 4.73. The number of fused-ring (bicyclic) bond motifs is 1. The van der Waals surface area contributed by atoms with E-state index in [1.165, 1.54) is 31.1 Å². The van der Waals surface area contributed by atoms with Gasteiger partial charge in [0.25, 0.3) is 0 Å². The maximum Gasteiger partial charge on any atom is 0.0705 e. The molecule has 2 aromatic rings. The van der Waals surface area contributed by atoms with Crippen LogP contribution in [0.25, 0.3) is 10.9 Å². The second-order valence-electron chi connectivity index (χ2n) is 6.83. The highest BCUT2D eigenvalue weighted by atomic mass is 14.9. The number of hydrogen-bond donors (Lipinski definition) is 1. The van der Waals surface area contributed by atoms with E-state index in [1.807, 2.05) is 0 Å². The van der Waals surface area contributed by atoms with E-state index in [0.29, 0.717) is 11.5 Å². The number of benzene rings is 1. The number of nitrogens with one attached hydrogen (secondary N) is 1. The van der Waals surface area contributed by atoms with Crippen molar-refractivity contribution in [1.29, 1.82) is 0 Å². The van der Waals surface area contributed by atoms with Crippen molar-refractivity contribution >= 4 is 10.9 Å². The molecule has 0 spiro atoms. The highest BCUT2D eigenvalue weighted by molar-refractivity contribution is 5.78. The van der Waals surface area contributed by atoms with E-state index in [-0.39, 0.29) is 0 Å². The normalized spacial score (nSPS) is 22.0. The van der Waals surface area contributed by atoms with E-state index in [4.69, 9.17) is 4.98 Å². The summed E-state index contributed by atoms with van der Waals surface area (Å²) in [5.74, 6) is 0. The van der Waals surface area contributed by atoms with E-state index < -0.39 is 0 Å². The molecule has 1 aliphatic rings. The third-order valence-corrected chi connectivity index (χ3v) is 4.43. The molecular formula is C18H24N2. The van der Waals surface area contributed by atoms with E-state index in [9.17, 15) is 0 Å². The van der Waals surface area contributed by atoms with Crippen LogP contribution in [0.1, 0.15) is 45.2 Å². The molecule has 1 heterocycles. The molecule has 0 amide bonds. The molecule has 1 saturated carbocycles. The van der Waals surface area contributed by atoms with Crippen molar-refractivity contribution in [3.63, 3.8) is 0 Å². The maximum atomic E-state index is 4.73. The highest BCUT2D eigenvalue weighted by Gasteiger charge is 2.27. The largest absolute Gasteiger partial charge is 0.308 e. The molecule has 1 N–H and O–H groups in total. The number of pyridine rings is 1. The zero-order chi connectivity index (χ0) is 14.0. The zero-order valence-corrected chi connectivity index (χ0v) is 12.5. The molecule has 1 unspecified atom stereocenters. The molecular weight excluding hydrogens is 244 g/mol. The Balaban J connectivity index is 1.65. The predicted molar refractivity (Wildman–Crippen MR) is 84.6 cm³/mol. The van der Waals surface area contributed by atoms with Crippen LogP contribution in [0.5, 0.6) is 0 Å². The van der Waals surface area contributed by atoms with Gasteiger partial charge in [-0.1, -0.05) is 44.5 Å². The fraction of sp³-hybridized carbons (Fsp3) is 0.500. The van der Waals surface area contributed by atoms with Crippen molar-refractivity contribution in [1.82, 2.24) is 10.3 Å². The summed E-state index contributed by atoms with van der Waals surface area (Å²) >= 11 is 0. The van der Waals surface area contributed by atoms with Crippen LogP contribution < -0.4 is 5.32 Å². The van der Waals surface area contributed by atoms with E-state index in [1.54, 1.807) is 0 Å². The summed E-state index contributed by atoms with van der Waals surface area (Å²) in [6.45, 7) is 5.65. The number of para-hydroxylation sites is 1. The first kappa shape index (κ1) is 13.6. The molecule has 106 valence electrons. The lowest BCUT2D eigenvalue weighted by atomic mass is 9.75. The average Bonchev–Trinajstić information content (AvgIpc) is 2.44. The van der Waals surface area contributed by atoms with Crippen LogP contribution in [0, 0.1) is 5.41 Å². The molecule has 2 heteroatoms. The van der Waals surface area contributed by atoms with Crippen LogP contribution in [0.3, 0.4) is 0 Å². The summed E-state index contributed by atoms with van der Waals surface area (Å²) in [6.07, 6.45) is 5.28. The number of hydrogen-bond acceptors (Lipinski definition) is 2. The number of nitrogens with zero attached hydrogens (tertiary/aromatic N) is 1. The lowest BCUT2D eigenvalue weighted by Gasteiger charge is -2.35. The average molecular weight is 268 g/mol. The summed E-state index contributed by atoms with van der Waals surface area (Å²) in [6, 6.07) is 13.3. The van der Waals surface area contributed by atoms with Gasteiger partial charge in [-0.05, 0) is 36.8 Å². The molecule has 3 rings (SSSR count). The molecule has 1 aliphatic carbocycles. The zero-order valence-electron chi connectivity index (χ0n) is 12.5. The fourth-order valence-electron chi connectivity index (χ4n) is 3.33. The van der Waals surface area contributed by atoms with Crippen LogP contribution in [0.4, 0.5) is 0 Å². The first-order valence-corrected chi connectivity index (χ1v) is 7.70. The van der Waals surface area contributed by atoms with Crippen molar-refractivity contribution in [2.24, 2.45) is 5.41 Å². The minimum absolute atomic E-state index is 0.493. The molecule has 20 heavy (non-hydrogen) atoms. The Morgan fingerprint density at radius 2 is 2.05 bits per heavy atom. The standard InChI is InChI=1S/C18H24N2/c1-18(2)11-5-7-15(12-18)19-13-16-10-9-14-6-3-4-8-17(14)20-16/h3-4,6,8-10,15,19H,5,7,11-13H2,1-2H3. The summed E-state index contributed by atoms with van der Waals surface area (Å²) in [5.41, 5.74) is 2.73. The Bertz CT molecular complexity index is 589. The molecule has 2 nitrogen and oxygen atoms in total. The molecule has 0 aliphatic heterocycles. The van der Waals surface area contributed by atoms with Crippen molar-refractivity contribution in [2.75, 3.05) is 0 Å². The van der Waals surface area contributed by atoms with Crippen molar-refractivity contribution in [3.8, 4) is 0 Å². The summed E-state index contributed by atoms with van der Waals surface area (Å²) in [7, 11) is 0. The molecule has 1 aromatic heterocycles. The second-order valence-corrected chi connectivity index (χ2v) is 6.83. The SMILES string of the molecule is CC1(C)CCCC(NCc2ccc3ccccc3n2)C1. The van der Waals surface area contributed by atoms with Crippen LogP contribution in [-0.4, -0.2) is 11.0 Å². The first-order chi connectivity index (χ1) is 9.62. The van der Waals surface area contributed by atoms with Crippen LogP contribution >= 0.6 is 0 Å². The van der Waals surface area contributed by atoms with Crippen molar-refractivity contribution in [3.05, 3.63) is 42.1 Å². The Kier molecular flexibility index (Phi) is 3.75. The Labute approximate surface area is 121 Å². The van der Waals surface area contributed by atoms with Crippen molar-refractivity contribution < 1.29 is 0 Å². The molecule has 1 atom stereocenters.